The quantitative estimate of drug-likeness (QED) is 0.423. The SMILES string of the molecule is COc1cc2c(c3ccccc13)Oc1ncn3ncnc3c1C2c1ccc(F)cc1. The van der Waals surface area contributed by atoms with E-state index in [9.17, 15) is 4.39 Å². The molecule has 1 aliphatic heterocycles. The van der Waals surface area contributed by atoms with Crippen LogP contribution in [0.5, 0.6) is 17.4 Å². The van der Waals surface area contributed by atoms with Crippen molar-refractivity contribution in [3.63, 3.8) is 0 Å². The first-order valence-corrected chi connectivity index (χ1v) is 9.46. The average molecular weight is 398 g/mol. The number of aromatic nitrogens is 4. The Morgan fingerprint density at radius 2 is 1.83 bits per heavy atom. The molecule has 146 valence electrons. The molecule has 1 unspecified atom stereocenters. The second-order valence-corrected chi connectivity index (χ2v) is 7.12. The third-order valence-corrected chi connectivity index (χ3v) is 5.54. The van der Waals surface area contributed by atoms with Gasteiger partial charge in [-0.15, -0.1) is 0 Å². The lowest BCUT2D eigenvalue weighted by Crippen LogP contribution is -2.15. The normalized spacial score (nSPS) is 14.9. The molecule has 6 nitrogen and oxygen atoms in total. The number of fused-ring (bicyclic) bond motifs is 6. The van der Waals surface area contributed by atoms with Crippen LogP contribution in [0.25, 0.3) is 16.4 Å². The Hall–Kier alpha value is -4.00. The highest BCUT2D eigenvalue weighted by molar-refractivity contribution is 5.96. The van der Waals surface area contributed by atoms with E-state index in [1.165, 1.54) is 18.5 Å². The Morgan fingerprint density at radius 1 is 1.03 bits per heavy atom. The van der Waals surface area contributed by atoms with Gasteiger partial charge in [-0.2, -0.15) is 5.10 Å². The van der Waals surface area contributed by atoms with Crippen LogP contribution in [0, 0.1) is 5.82 Å². The molecule has 0 N–H and O–H groups in total. The number of rotatable bonds is 2. The summed E-state index contributed by atoms with van der Waals surface area (Å²) < 4.78 is 27.3. The second-order valence-electron chi connectivity index (χ2n) is 7.12. The second kappa shape index (κ2) is 6.25. The summed E-state index contributed by atoms with van der Waals surface area (Å²) in [5.41, 5.74) is 3.23. The van der Waals surface area contributed by atoms with Crippen molar-refractivity contribution in [1.29, 1.82) is 0 Å². The number of hydrogen-bond acceptors (Lipinski definition) is 5. The van der Waals surface area contributed by atoms with Gasteiger partial charge in [0, 0.05) is 22.3 Å². The van der Waals surface area contributed by atoms with E-state index in [1.54, 1.807) is 30.1 Å². The molecule has 0 aliphatic carbocycles. The topological polar surface area (TPSA) is 61.5 Å². The maximum Gasteiger partial charge on any atom is 0.228 e. The molecule has 0 fully saturated rings. The summed E-state index contributed by atoms with van der Waals surface area (Å²) in [6.45, 7) is 0. The minimum atomic E-state index is -0.291. The van der Waals surface area contributed by atoms with Crippen LogP contribution in [-0.2, 0) is 0 Å². The lowest BCUT2D eigenvalue weighted by molar-refractivity contribution is 0.412. The predicted octanol–water partition coefficient (Wildman–Crippen LogP) is 4.71. The fraction of sp³-hybridized carbons (Fsp3) is 0.0870. The maximum atomic E-state index is 13.7. The van der Waals surface area contributed by atoms with Gasteiger partial charge >= 0.3 is 0 Å². The first-order valence-electron chi connectivity index (χ1n) is 9.46. The lowest BCUT2D eigenvalue weighted by Gasteiger charge is -2.29. The van der Waals surface area contributed by atoms with Gasteiger partial charge < -0.3 is 9.47 Å². The van der Waals surface area contributed by atoms with Gasteiger partial charge in [-0.25, -0.2) is 18.9 Å². The van der Waals surface area contributed by atoms with Gasteiger partial charge in [0.05, 0.1) is 12.7 Å². The van der Waals surface area contributed by atoms with Crippen molar-refractivity contribution >= 4 is 16.4 Å². The number of benzene rings is 3. The lowest BCUT2D eigenvalue weighted by atomic mass is 9.82. The molecule has 0 spiro atoms. The monoisotopic (exact) mass is 398 g/mol. The summed E-state index contributed by atoms with van der Waals surface area (Å²) >= 11 is 0. The van der Waals surface area contributed by atoms with E-state index in [0.717, 1.165) is 33.2 Å². The van der Waals surface area contributed by atoms with E-state index in [0.29, 0.717) is 17.3 Å². The van der Waals surface area contributed by atoms with Crippen LogP contribution in [0.4, 0.5) is 4.39 Å². The number of methoxy groups -OCH3 is 1. The zero-order chi connectivity index (χ0) is 20.2. The van der Waals surface area contributed by atoms with Crippen LogP contribution in [0.15, 0.2) is 67.3 Å². The van der Waals surface area contributed by atoms with Crippen LogP contribution >= 0.6 is 0 Å². The molecule has 30 heavy (non-hydrogen) atoms. The minimum absolute atomic E-state index is 0.275. The fourth-order valence-electron chi connectivity index (χ4n) is 4.22. The van der Waals surface area contributed by atoms with Crippen molar-refractivity contribution in [2.45, 2.75) is 5.92 Å². The Kier molecular flexibility index (Phi) is 3.52. The molecule has 3 heterocycles. The Bertz CT molecular complexity index is 1430. The average Bonchev–Trinajstić information content (AvgIpc) is 3.27. The molecule has 5 aromatic rings. The Balaban J connectivity index is 1.73. The number of ether oxygens (including phenoxy) is 2. The molecule has 2 aromatic heterocycles. The summed E-state index contributed by atoms with van der Waals surface area (Å²) in [5, 5.41) is 6.08. The van der Waals surface area contributed by atoms with Gasteiger partial charge in [0.15, 0.2) is 5.65 Å². The molecule has 0 bridgehead atoms. The van der Waals surface area contributed by atoms with Crippen LogP contribution in [-0.4, -0.2) is 26.7 Å². The van der Waals surface area contributed by atoms with Crippen molar-refractivity contribution in [2.75, 3.05) is 7.11 Å². The van der Waals surface area contributed by atoms with E-state index in [4.69, 9.17) is 9.47 Å². The molecule has 0 radical (unpaired) electrons. The van der Waals surface area contributed by atoms with E-state index < -0.39 is 0 Å². The van der Waals surface area contributed by atoms with Gasteiger partial charge in [0.25, 0.3) is 0 Å². The summed E-state index contributed by atoms with van der Waals surface area (Å²) in [7, 11) is 1.65. The van der Waals surface area contributed by atoms with Crippen molar-refractivity contribution < 1.29 is 13.9 Å². The zero-order valence-corrected chi connectivity index (χ0v) is 15.9. The highest BCUT2D eigenvalue weighted by Gasteiger charge is 2.34. The standard InChI is InChI=1S/C23H15FN4O2/c1-29-18-10-17-19(13-6-8-14(24)9-7-13)20-22-25-11-27-28(22)12-26-23(20)30-21(17)16-5-3-2-4-15(16)18/h2-12,19H,1H3. The molecule has 3 aromatic carbocycles. The smallest absolute Gasteiger partial charge is 0.228 e. The Morgan fingerprint density at radius 3 is 2.63 bits per heavy atom. The summed E-state index contributed by atoms with van der Waals surface area (Å²) in [6, 6.07) is 16.4. The first-order chi connectivity index (χ1) is 14.7. The zero-order valence-electron chi connectivity index (χ0n) is 15.9. The van der Waals surface area contributed by atoms with E-state index in [1.807, 2.05) is 30.3 Å². The Labute approximate surface area is 170 Å². The van der Waals surface area contributed by atoms with Gasteiger partial charge in [-0.3, -0.25) is 0 Å². The van der Waals surface area contributed by atoms with Crippen molar-refractivity contribution in [2.24, 2.45) is 0 Å². The third kappa shape index (κ3) is 2.32. The highest BCUT2D eigenvalue weighted by atomic mass is 19.1. The summed E-state index contributed by atoms with van der Waals surface area (Å²) in [5.74, 6) is 1.35. The van der Waals surface area contributed by atoms with Gasteiger partial charge in [-0.1, -0.05) is 36.4 Å². The fourth-order valence-corrected chi connectivity index (χ4v) is 4.22. The van der Waals surface area contributed by atoms with E-state index in [-0.39, 0.29) is 11.7 Å². The third-order valence-electron chi connectivity index (χ3n) is 5.54. The van der Waals surface area contributed by atoms with Crippen LogP contribution in [0.1, 0.15) is 22.6 Å². The van der Waals surface area contributed by atoms with Crippen molar-refractivity contribution in [3.8, 4) is 17.4 Å². The van der Waals surface area contributed by atoms with E-state index in [2.05, 4.69) is 15.1 Å². The highest BCUT2D eigenvalue weighted by Crippen LogP contribution is 2.51. The molecule has 0 saturated carbocycles. The number of nitrogens with zero attached hydrogens (tertiary/aromatic N) is 4. The van der Waals surface area contributed by atoms with Gasteiger partial charge in [-0.05, 0) is 23.8 Å². The molecular formula is C23H15FN4O2. The predicted molar refractivity (Wildman–Crippen MR) is 109 cm³/mol. The number of halogens is 1. The molecule has 6 rings (SSSR count). The van der Waals surface area contributed by atoms with Crippen LogP contribution in [0.2, 0.25) is 0 Å². The first kappa shape index (κ1) is 16.9. The van der Waals surface area contributed by atoms with Crippen molar-refractivity contribution in [1.82, 2.24) is 19.6 Å². The van der Waals surface area contributed by atoms with E-state index >= 15 is 0 Å². The molecular weight excluding hydrogens is 383 g/mol. The molecule has 1 aliphatic rings. The van der Waals surface area contributed by atoms with Crippen molar-refractivity contribution in [3.05, 3.63) is 89.8 Å². The van der Waals surface area contributed by atoms with Crippen LogP contribution in [0.3, 0.4) is 0 Å². The molecule has 0 amide bonds. The molecule has 0 saturated heterocycles. The molecule has 1 atom stereocenters. The maximum absolute atomic E-state index is 13.7. The summed E-state index contributed by atoms with van der Waals surface area (Å²) in [6.07, 6.45) is 3.06. The van der Waals surface area contributed by atoms with Gasteiger partial charge in [0.1, 0.15) is 30.0 Å². The molecule has 7 heteroatoms. The van der Waals surface area contributed by atoms with Crippen LogP contribution < -0.4 is 9.47 Å². The van der Waals surface area contributed by atoms with Gasteiger partial charge in [0.2, 0.25) is 5.88 Å². The minimum Gasteiger partial charge on any atom is -0.496 e. The number of hydrogen-bond donors (Lipinski definition) is 0. The largest absolute Gasteiger partial charge is 0.496 e. The summed E-state index contributed by atoms with van der Waals surface area (Å²) in [4.78, 5) is 8.92.